The quantitative estimate of drug-likeness (QED) is 0.639. The lowest BCUT2D eigenvalue weighted by Gasteiger charge is -2.34. The van der Waals surface area contributed by atoms with Crippen molar-refractivity contribution >= 4 is 0 Å². The van der Waals surface area contributed by atoms with Crippen LogP contribution < -0.4 is 0 Å². The Balaban J connectivity index is 2.23. The lowest BCUT2D eigenvalue weighted by molar-refractivity contribution is -0.385. The predicted octanol–water partition coefficient (Wildman–Crippen LogP) is 5.50. The third kappa shape index (κ3) is 2.66. The summed E-state index contributed by atoms with van der Waals surface area (Å²) in [5, 5.41) is 5.98. The van der Waals surface area contributed by atoms with E-state index in [0.717, 1.165) is 5.56 Å². The van der Waals surface area contributed by atoms with Gasteiger partial charge in [-0.05, 0) is 6.92 Å². The Morgan fingerprint density at radius 1 is 0.731 bits per heavy atom. The van der Waals surface area contributed by atoms with Gasteiger partial charge in [0.2, 0.25) is 5.72 Å². The second-order valence-corrected chi connectivity index (χ2v) is 5.82. The lowest BCUT2D eigenvalue weighted by atomic mass is 9.94. The van der Waals surface area contributed by atoms with Crippen LogP contribution in [0.2, 0.25) is 0 Å². The molecule has 1 aliphatic heterocycles. The summed E-state index contributed by atoms with van der Waals surface area (Å²) in [4.78, 5) is 0. The van der Waals surface area contributed by atoms with Gasteiger partial charge in [-0.3, -0.25) is 4.74 Å². The van der Waals surface area contributed by atoms with Gasteiger partial charge in [0.05, 0.1) is 0 Å². The topological polar surface area (TPSA) is 34.0 Å². The van der Waals surface area contributed by atoms with Crippen molar-refractivity contribution in [3.05, 3.63) is 71.3 Å². The van der Waals surface area contributed by atoms with Crippen molar-refractivity contribution in [2.45, 2.75) is 30.7 Å². The molecule has 138 valence electrons. The highest BCUT2D eigenvalue weighted by Gasteiger charge is 2.78. The Morgan fingerprint density at radius 3 is 1.69 bits per heavy atom. The summed E-state index contributed by atoms with van der Waals surface area (Å²) in [5.41, 5.74) is -6.32. The second-order valence-electron chi connectivity index (χ2n) is 5.82. The molecular weight excluding hydrogens is 362 g/mol. The first kappa shape index (κ1) is 18.4. The first-order valence-corrected chi connectivity index (χ1v) is 7.42. The molecule has 2 aromatic rings. The number of alkyl halides is 6. The van der Waals surface area contributed by atoms with E-state index in [1.165, 1.54) is 36.4 Å². The van der Waals surface area contributed by atoms with E-state index in [9.17, 15) is 26.3 Å². The summed E-state index contributed by atoms with van der Waals surface area (Å²) in [5.74, 6) is 0. The molecule has 0 saturated carbocycles. The standard InChI is InChI=1S/C17H12F6N2O/c1-11-7-9-13(10-8-11)14(12-5-3-2-4-6-12)24-25-15(26-14,16(18,19)20)17(21,22)23/h2-10H,1H3. The molecule has 1 unspecified atom stereocenters. The summed E-state index contributed by atoms with van der Waals surface area (Å²) in [6, 6.07) is 13.0. The molecular formula is C17H12F6N2O. The first-order valence-electron chi connectivity index (χ1n) is 7.42. The molecule has 0 saturated heterocycles. The minimum Gasteiger partial charge on any atom is -0.299 e. The number of ether oxygens (including phenoxy) is 1. The summed E-state index contributed by atoms with van der Waals surface area (Å²) < 4.78 is 84.8. The van der Waals surface area contributed by atoms with Crippen molar-refractivity contribution < 1.29 is 31.1 Å². The summed E-state index contributed by atoms with van der Waals surface area (Å²) in [6.07, 6.45) is -11.7. The molecule has 0 radical (unpaired) electrons. The highest BCUT2D eigenvalue weighted by Crippen LogP contribution is 2.56. The SMILES string of the molecule is Cc1ccc(C2(c3ccccc3)N=NC(C(F)(F)F)(C(F)(F)F)O2)cc1. The molecule has 3 rings (SSSR count). The molecule has 1 atom stereocenters. The fourth-order valence-electron chi connectivity index (χ4n) is 2.63. The molecule has 0 fully saturated rings. The van der Waals surface area contributed by atoms with Gasteiger partial charge in [0, 0.05) is 11.1 Å². The van der Waals surface area contributed by atoms with Gasteiger partial charge in [-0.1, -0.05) is 60.2 Å². The van der Waals surface area contributed by atoms with E-state index in [2.05, 4.69) is 10.2 Å². The van der Waals surface area contributed by atoms with Crippen molar-refractivity contribution in [2.24, 2.45) is 10.2 Å². The van der Waals surface area contributed by atoms with Crippen LogP contribution in [-0.2, 0) is 10.5 Å². The average molecular weight is 374 g/mol. The van der Waals surface area contributed by atoms with Crippen LogP contribution in [0.3, 0.4) is 0 Å². The number of aryl methyl sites for hydroxylation is 1. The van der Waals surface area contributed by atoms with E-state index >= 15 is 0 Å². The lowest BCUT2D eigenvalue weighted by Crippen LogP contribution is -2.57. The largest absolute Gasteiger partial charge is 0.450 e. The first-order chi connectivity index (χ1) is 12.0. The van der Waals surface area contributed by atoms with Crippen LogP contribution in [0.1, 0.15) is 16.7 Å². The molecule has 0 amide bonds. The van der Waals surface area contributed by atoms with Crippen LogP contribution in [0.4, 0.5) is 26.3 Å². The van der Waals surface area contributed by atoms with Gasteiger partial charge in [0.15, 0.2) is 0 Å². The van der Waals surface area contributed by atoms with Crippen LogP contribution >= 0.6 is 0 Å². The molecule has 1 heterocycles. The monoisotopic (exact) mass is 374 g/mol. The molecule has 0 spiro atoms. The smallest absolute Gasteiger partial charge is 0.299 e. The number of nitrogens with zero attached hydrogens (tertiary/aromatic N) is 2. The molecule has 0 aromatic heterocycles. The number of rotatable bonds is 2. The molecule has 0 N–H and O–H groups in total. The highest BCUT2D eigenvalue weighted by molar-refractivity contribution is 5.38. The maximum Gasteiger partial charge on any atom is 0.450 e. The number of benzene rings is 2. The van der Waals surface area contributed by atoms with Crippen molar-refractivity contribution in [1.82, 2.24) is 0 Å². The third-order valence-electron chi connectivity index (χ3n) is 4.00. The molecule has 26 heavy (non-hydrogen) atoms. The van der Waals surface area contributed by atoms with Crippen LogP contribution in [0, 0.1) is 6.92 Å². The van der Waals surface area contributed by atoms with Crippen LogP contribution in [0.15, 0.2) is 64.8 Å². The predicted molar refractivity (Wildman–Crippen MR) is 79.2 cm³/mol. The Hall–Kier alpha value is -2.42. The zero-order valence-electron chi connectivity index (χ0n) is 13.3. The Kier molecular flexibility index (Phi) is 4.10. The van der Waals surface area contributed by atoms with E-state index in [-0.39, 0.29) is 11.1 Å². The van der Waals surface area contributed by atoms with Gasteiger partial charge >= 0.3 is 18.1 Å². The van der Waals surface area contributed by atoms with Crippen molar-refractivity contribution in [2.75, 3.05) is 0 Å². The molecule has 1 aliphatic rings. The highest BCUT2D eigenvalue weighted by atomic mass is 19.4. The van der Waals surface area contributed by atoms with Gasteiger partial charge in [0.25, 0.3) is 0 Å². The number of halogens is 6. The average Bonchev–Trinajstić information content (AvgIpc) is 2.99. The van der Waals surface area contributed by atoms with Crippen LogP contribution in [0.25, 0.3) is 0 Å². The summed E-state index contributed by atoms with van der Waals surface area (Å²) in [6.45, 7) is 1.73. The van der Waals surface area contributed by atoms with Crippen molar-refractivity contribution in [3.8, 4) is 0 Å². The van der Waals surface area contributed by atoms with Crippen molar-refractivity contribution in [1.29, 1.82) is 0 Å². The fourth-order valence-corrected chi connectivity index (χ4v) is 2.63. The number of hydrogen-bond acceptors (Lipinski definition) is 3. The molecule has 2 aromatic carbocycles. The molecule has 0 aliphatic carbocycles. The summed E-state index contributed by atoms with van der Waals surface area (Å²) >= 11 is 0. The summed E-state index contributed by atoms with van der Waals surface area (Å²) in [7, 11) is 0. The number of hydrogen-bond donors (Lipinski definition) is 0. The molecule has 9 heteroatoms. The minimum atomic E-state index is -5.84. The second kappa shape index (κ2) is 5.80. The Labute approximate surface area is 144 Å². The van der Waals surface area contributed by atoms with E-state index in [1.807, 2.05) is 0 Å². The third-order valence-corrected chi connectivity index (χ3v) is 4.00. The number of azo groups is 1. The fraction of sp³-hybridized carbons (Fsp3) is 0.294. The van der Waals surface area contributed by atoms with E-state index < -0.39 is 23.8 Å². The van der Waals surface area contributed by atoms with Gasteiger partial charge in [0.1, 0.15) is 0 Å². The normalized spacial score (nSPS) is 22.6. The van der Waals surface area contributed by atoms with Gasteiger partial charge in [-0.2, -0.15) is 26.3 Å². The molecule has 3 nitrogen and oxygen atoms in total. The molecule has 0 bridgehead atoms. The van der Waals surface area contributed by atoms with Crippen LogP contribution in [0.5, 0.6) is 0 Å². The Bertz CT molecular complexity index is 800. The minimum absolute atomic E-state index is 0.00276. The van der Waals surface area contributed by atoms with Crippen molar-refractivity contribution in [3.63, 3.8) is 0 Å². The zero-order valence-corrected chi connectivity index (χ0v) is 13.3. The van der Waals surface area contributed by atoms with E-state index in [1.54, 1.807) is 25.1 Å². The van der Waals surface area contributed by atoms with E-state index in [4.69, 9.17) is 4.74 Å². The Morgan fingerprint density at radius 2 is 1.23 bits per heavy atom. The van der Waals surface area contributed by atoms with E-state index in [0.29, 0.717) is 0 Å². The maximum atomic E-state index is 13.4. The van der Waals surface area contributed by atoms with Gasteiger partial charge in [-0.15, -0.1) is 10.2 Å². The maximum absolute atomic E-state index is 13.4. The van der Waals surface area contributed by atoms with Crippen LogP contribution in [-0.4, -0.2) is 18.1 Å². The van der Waals surface area contributed by atoms with Gasteiger partial charge in [-0.25, -0.2) is 0 Å². The van der Waals surface area contributed by atoms with Gasteiger partial charge < -0.3 is 0 Å². The zero-order chi connectivity index (χ0) is 19.2.